The van der Waals surface area contributed by atoms with Gasteiger partial charge in [0.2, 0.25) is 0 Å². The summed E-state index contributed by atoms with van der Waals surface area (Å²) in [5.74, 6) is 0. The molecule has 9 aromatic rings. The second-order valence-electron chi connectivity index (χ2n) is 14.1. The average molecular weight is 654 g/mol. The van der Waals surface area contributed by atoms with Gasteiger partial charge in [-0.05, 0) is 86.1 Å². The number of hydrogen-bond donors (Lipinski definition) is 0. The number of rotatable bonds is 5. The molecule has 0 unspecified atom stereocenters. The van der Waals surface area contributed by atoms with Crippen LogP contribution in [0.2, 0.25) is 0 Å². The van der Waals surface area contributed by atoms with Crippen molar-refractivity contribution in [3.8, 4) is 33.4 Å². The predicted octanol–water partition coefficient (Wildman–Crippen LogP) is 13.8. The van der Waals surface area contributed by atoms with E-state index >= 15 is 0 Å². The van der Waals surface area contributed by atoms with E-state index in [1.54, 1.807) is 0 Å². The summed E-state index contributed by atoms with van der Waals surface area (Å²) in [5, 5.41) is 4.63. The molecule has 0 atom stereocenters. The first-order valence-corrected chi connectivity index (χ1v) is 17.7. The molecule has 0 N–H and O–H groups in total. The van der Waals surface area contributed by atoms with E-state index < -0.39 is 0 Å². The standard InChI is InChI=1S/C49H35NO/c1-49(2)41-24-13-11-22-37(41)38-29-28-34(30-42(38)49)50(43-25-14-12-20-35(43)32-16-5-3-6-17-32)44-26-15-27-45-48(44)47-39-23-10-9-21-36(39)40(31-46(47)51-45)33-18-7-4-8-19-33/h3-31H,1-2H3. The Morgan fingerprint density at radius 1 is 0.412 bits per heavy atom. The smallest absolute Gasteiger partial charge is 0.137 e. The highest BCUT2D eigenvalue weighted by Crippen LogP contribution is 2.53. The predicted molar refractivity (Wildman–Crippen MR) is 214 cm³/mol. The van der Waals surface area contributed by atoms with Gasteiger partial charge in [-0.1, -0.05) is 153 Å². The van der Waals surface area contributed by atoms with Gasteiger partial charge in [-0.2, -0.15) is 0 Å². The Morgan fingerprint density at radius 2 is 1.02 bits per heavy atom. The maximum Gasteiger partial charge on any atom is 0.137 e. The maximum absolute atomic E-state index is 6.82. The van der Waals surface area contributed by atoms with E-state index in [0.29, 0.717) is 0 Å². The number of fused-ring (bicyclic) bond motifs is 8. The topological polar surface area (TPSA) is 16.4 Å². The van der Waals surface area contributed by atoms with Crippen molar-refractivity contribution in [1.29, 1.82) is 0 Å². The average Bonchev–Trinajstić information content (AvgIpc) is 3.68. The van der Waals surface area contributed by atoms with Gasteiger partial charge in [0.05, 0.1) is 16.8 Å². The highest BCUT2D eigenvalue weighted by molar-refractivity contribution is 6.25. The molecule has 242 valence electrons. The summed E-state index contributed by atoms with van der Waals surface area (Å²) >= 11 is 0. The molecule has 1 aliphatic rings. The van der Waals surface area contributed by atoms with E-state index in [1.165, 1.54) is 55.3 Å². The van der Waals surface area contributed by atoms with Crippen LogP contribution in [-0.2, 0) is 5.41 Å². The van der Waals surface area contributed by atoms with Gasteiger partial charge in [-0.25, -0.2) is 0 Å². The van der Waals surface area contributed by atoms with Crippen LogP contribution in [0.1, 0.15) is 25.0 Å². The van der Waals surface area contributed by atoms with Gasteiger partial charge in [0.15, 0.2) is 0 Å². The third-order valence-electron chi connectivity index (χ3n) is 10.9. The summed E-state index contributed by atoms with van der Waals surface area (Å²) in [6.07, 6.45) is 0. The largest absolute Gasteiger partial charge is 0.456 e. The Balaban J connectivity index is 1.29. The van der Waals surface area contributed by atoms with Crippen LogP contribution >= 0.6 is 0 Å². The lowest BCUT2D eigenvalue weighted by Crippen LogP contribution is -2.17. The first-order chi connectivity index (χ1) is 25.1. The van der Waals surface area contributed by atoms with Crippen molar-refractivity contribution in [1.82, 2.24) is 0 Å². The molecule has 1 heterocycles. The lowest BCUT2D eigenvalue weighted by molar-refractivity contribution is 0.660. The minimum Gasteiger partial charge on any atom is -0.456 e. The Labute approximate surface area is 297 Å². The molecule has 0 amide bonds. The van der Waals surface area contributed by atoms with Gasteiger partial charge >= 0.3 is 0 Å². The van der Waals surface area contributed by atoms with Crippen molar-refractivity contribution in [3.63, 3.8) is 0 Å². The molecule has 0 fully saturated rings. The lowest BCUT2D eigenvalue weighted by Gasteiger charge is -2.30. The number of para-hydroxylation sites is 1. The zero-order chi connectivity index (χ0) is 34.1. The van der Waals surface area contributed by atoms with Crippen LogP contribution in [-0.4, -0.2) is 0 Å². The number of hydrogen-bond acceptors (Lipinski definition) is 2. The highest BCUT2D eigenvalue weighted by atomic mass is 16.3. The summed E-state index contributed by atoms with van der Waals surface area (Å²) in [4.78, 5) is 2.46. The Kier molecular flexibility index (Phi) is 6.56. The molecular weight excluding hydrogens is 619 g/mol. The first kappa shape index (κ1) is 29.5. The Hall–Kier alpha value is -6.38. The van der Waals surface area contributed by atoms with E-state index in [1.807, 2.05) is 0 Å². The molecule has 2 nitrogen and oxygen atoms in total. The van der Waals surface area contributed by atoms with Crippen LogP contribution in [0.15, 0.2) is 180 Å². The third-order valence-corrected chi connectivity index (χ3v) is 10.9. The normalized spacial score (nSPS) is 13.1. The third kappa shape index (κ3) is 4.50. The summed E-state index contributed by atoms with van der Waals surface area (Å²) < 4.78 is 6.82. The van der Waals surface area contributed by atoms with E-state index in [0.717, 1.165) is 39.0 Å². The fourth-order valence-electron chi connectivity index (χ4n) is 8.48. The molecule has 8 aromatic carbocycles. The van der Waals surface area contributed by atoms with Crippen molar-refractivity contribution < 1.29 is 4.42 Å². The Bertz CT molecular complexity index is 2770. The monoisotopic (exact) mass is 653 g/mol. The van der Waals surface area contributed by atoms with Crippen LogP contribution in [0.25, 0.3) is 66.1 Å². The molecule has 0 saturated carbocycles. The van der Waals surface area contributed by atoms with Crippen molar-refractivity contribution in [2.45, 2.75) is 19.3 Å². The van der Waals surface area contributed by atoms with E-state index in [2.05, 4.69) is 195 Å². The highest BCUT2D eigenvalue weighted by Gasteiger charge is 2.36. The van der Waals surface area contributed by atoms with Gasteiger partial charge in [0.25, 0.3) is 0 Å². The second kappa shape index (κ2) is 11.3. The molecule has 10 rings (SSSR count). The molecule has 0 saturated heterocycles. The summed E-state index contributed by atoms with van der Waals surface area (Å²) in [6.45, 7) is 4.70. The summed E-state index contributed by atoms with van der Waals surface area (Å²) in [5.41, 5.74) is 15.0. The van der Waals surface area contributed by atoms with Gasteiger partial charge < -0.3 is 9.32 Å². The van der Waals surface area contributed by atoms with Gasteiger partial charge in [-0.15, -0.1) is 0 Å². The number of nitrogens with zero attached hydrogens (tertiary/aromatic N) is 1. The number of furan rings is 1. The van der Waals surface area contributed by atoms with Crippen LogP contribution in [0.5, 0.6) is 0 Å². The lowest BCUT2D eigenvalue weighted by atomic mass is 9.82. The van der Waals surface area contributed by atoms with Crippen molar-refractivity contribution >= 4 is 49.8 Å². The Morgan fingerprint density at radius 3 is 1.80 bits per heavy atom. The molecule has 0 radical (unpaired) electrons. The molecule has 51 heavy (non-hydrogen) atoms. The summed E-state index contributed by atoms with van der Waals surface area (Å²) in [7, 11) is 0. The fraction of sp³-hybridized carbons (Fsp3) is 0.0612. The van der Waals surface area contributed by atoms with Crippen molar-refractivity contribution in [3.05, 3.63) is 187 Å². The molecule has 1 aliphatic carbocycles. The van der Waals surface area contributed by atoms with E-state index in [-0.39, 0.29) is 5.41 Å². The molecule has 0 aliphatic heterocycles. The molecule has 0 spiro atoms. The molecule has 2 heteroatoms. The summed E-state index contributed by atoms with van der Waals surface area (Å²) in [6, 6.07) is 63.5. The SMILES string of the molecule is CC1(C)c2ccccc2-c2ccc(N(c3ccccc3-c3ccccc3)c3cccc4oc5cc(-c6ccccc6)c6ccccc6c5c34)cc21. The second-order valence-corrected chi connectivity index (χ2v) is 14.1. The van der Waals surface area contributed by atoms with Crippen LogP contribution in [0.3, 0.4) is 0 Å². The van der Waals surface area contributed by atoms with Crippen molar-refractivity contribution in [2.24, 2.45) is 0 Å². The van der Waals surface area contributed by atoms with E-state index in [9.17, 15) is 0 Å². The minimum atomic E-state index is -0.134. The fourth-order valence-corrected chi connectivity index (χ4v) is 8.48. The van der Waals surface area contributed by atoms with Crippen LogP contribution in [0.4, 0.5) is 17.1 Å². The molecular formula is C49H35NO. The zero-order valence-electron chi connectivity index (χ0n) is 28.6. The van der Waals surface area contributed by atoms with Gasteiger partial charge in [0, 0.05) is 22.1 Å². The zero-order valence-corrected chi connectivity index (χ0v) is 28.6. The number of benzene rings is 8. The molecule has 1 aromatic heterocycles. The van der Waals surface area contributed by atoms with Gasteiger partial charge in [0.1, 0.15) is 11.2 Å². The molecule has 0 bridgehead atoms. The maximum atomic E-state index is 6.82. The minimum absolute atomic E-state index is 0.134. The van der Waals surface area contributed by atoms with E-state index in [4.69, 9.17) is 4.42 Å². The van der Waals surface area contributed by atoms with Crippen LogP contribution < -0.4 is 4.90 Å². The quantitative estimate of drug-likeness (QED) is 0.184. The first-order valence-electron chi connectivity index (χ1n) is 17.7. The number of anilines is 3. The van der Waals surface area contributed by atoms with Crippen molar-refractivity contribution in [2.75, 3.05) is 4.90 Å². The van der Waals surface area contributed by atoms with Crippen LogP contribution in [0, 0.1) is 0 Å². The van der Waals surface area contributed by atoms with Gasteiger partial charge in [-0.3, -0.25) is 0 Å².